The summed E-state index contributed by atoms with van der Waals surface area (Å²) < 4.78 is 5.39. The number of hydrogen-bond acceptors (Lipinski definition) is 3. The lowest BCUT2D eigenvalue weighted by atomic mass is 10.0. The number of rotatable bonds is 4. The number of likely N-dealkylation sites (N-methyl/N-ethyl adjacent to an activating group) is 1. The van der Waals surface area contributed by atoms with Crippen LogP contribution in [0.2, 0.25) is 0 Å². The van der Waals surface area contributed by atoms with Gasteiger partial charge in [0.15, 0.2) is 0 Å². The normalized spacial score (nSPS) is 20.2. The van der Waals surface area contributed by atoms with Crippen LogP contribution in [0.4, 0.5) is 0 Å². The molecule has 1 unspecified atom stereocenters. The maximum Gasteiger partial charge on any atom is 0.239 e. The molecule has 1 heterocycles. The van der Waals surface area contributed by atoms with Gasteiger partial charge in [0.1, 0.15) is 5.75 Å². The molecule has 1 aromatic rings. The van der Waals surface area contributed by atoms with Crippen molar-refractivity contribution in [3.05, 3.63) is 29.8 Å². The van der Waals surface area contributed by atoms with Gasteiger partial charge in [-0.15, -0.1) is 0 Å². The van der Waals surface area contributed by atoms with Crippen LogP contribution in [-0.4, -0.2) is 37.6 Å². The maximum atomic E-state index is 12.5. The van der Waals surface area contributed by atoms with Gasteiger partial charge in [-0.05, 0) is 32.4 Å². The number of methoxy groups -OCH3 is 1. The van der Waals surface area contributed by atoms with Crippen molar-refractivity contribution in [3.63, 3.8) is 0 Å². The minimum Gasteiger partial charge on any atom is -0.496 e. The number of nitrogens with zero attached hydrogens (tertiary/aromatic N) is 1. The van der Waals surface area contributed by atoms with Gasteiger partial charge in [-0.3, -0.25) is 4.79 Å². The van der Waals surface area contributed by atoms with Crippen molar-refractivity contribution in [2.45, 2.75) is 38.3 Å². The van der Waals surface area contributed by atoms with Gasteiger partial charge < -0.3 is 15.0 Å². The summed E-state index contributed by atoms with van der Waals surface area (Å²) in [5, 5.41) is 3.31. The van der Waals surface area contributed by atoms with Gasteiger partial charge >= 0.3 is 0 Å². The van der Waals surface area contributed by atoms with Crippen molar-refractivity contribution >= 4 is 5.91 Å². The monoisotopic (exact) mass is 276 g/mol. The summed E-state index contributed by atoms with van der Waals surface area (Å²) in [5.41, 5.74) is 1.04. The van der Waals surface area contributed by atoms with Crippen LogP contribution in [-0.2, 0) is 4.79 Å². The quantitative estimate of drug-likeness (QED) is 0.918. The standard InChI is InChI=1S/C16H24N2O2/c1-12(13-8-4-5-10-15(13)20-3)18(2)16(19)14-9-6-7-11-17-14/h4-5,8,10,12,14,17H,6-7,9,11H2,1-3H3/t12?,14-/m1/s1. The molecule has 2 atom stereocenters. The molecular formula is C16H24N2O2. The van der Waals surface area contributed by atoms with E-state index in [0.29, 0.717) is 0 Å². The van der Waals surface area contributed by atoms with E-state index in [1.807, 2.05) is 43.1 Å². The fraction of sp³-hybridized carbons (Fsp3) is 0.562. The lowest BCUT2D eigenvalue weighted by Crippen LogP contribution is -2.47. The highest BCUT2D eigenvalue weighted by Crippen LogP contribution is 2.28. The number of benzene rings is 1. The van der Waals surface area contributed by atoms with E-state index in [2.05, 4.69) is 5.32 Å². The summed E-state index contributed by atoms with van der Waals surface area (Å²) in [5.74, 6) is 0.999. The summed E-state index contributed by atoms with van der Waals surface area (Å²) >= 11 is 0. The summed E-state index contributed by atoms with van der Waals surface area (Å²) in [6, 6.07) is 7.84. The molecule has 4 nitrogen and oxygen atoms in total. The van der Waals surface area contributed by atoms with Gasteiger partial charge in [-0.1, -0.05) is 24.6 Å². The van der Waals surface area contributed by atoms with Crippen LogP contribution in [0.1, 0.15) is 37.8 Å². The molecule has 1 aliphatic rings. The summed E-state index contributed by atoms with van der Waals surface area (Å²) in [4.78, 5) is 14.4. The SMILES string of the molecule is COc1ccccc1C(C)N(C)C(=O)[C@H]1CCCCN1. The topological polar surface area (TPSA) is 41.6 Å². The Morgan fingerprint density at radius 3 is 2.80 bits per heavy atom. The van der Waals surface area contributed by atoms with Crippen molar-refractivity contribution in [2.24, 2.45) is 0 Å². The van der Waals surface area contributed by atoms with Gasteiger partial charge in [-0.2, -0.15) is 0 Å². The predicted molar refractivity (Wildman–Crippen MR) is 79.8 cm³/mol. The Morgan fingerprint density at radius 2 is 2.15 bits per heavy atom. The van der Waals surface area contributed by atoms with Crippen LogP contribution in [0.5, 0.6) is 5.75 Å². The molecule has 0 aliphatic carbocycles. The van der Waals surface area contributed by atoms with Crippen LogP contribution < -0.4 is 10.1 Å². The van der Waals surface area contributed by atoms with E-state index < -0.39 is 0 Å². The van der Waals surface area contributed by atoms with E-state index in [0.717, 1.165) is 37.1 Å². The van der Waals surface area contributed by atoms with E-state index >= 15 is 0 Å². The third-order valence-electron chi connectivity index (χ3n) is 4.13. The zero-order valence-electron chi connectivity index (χ0n) is 12.6. The Bertz CT molecular complexity index is 456. The molecule has 1 fully saturated rings. The number of piperidine rings is 1. The van der Waals surface area contributed by atoms with E-state index in [1.165, 1.54) is 0 Å². The van der Waals surface area contributed by atoms with E-state index in [9.17, 15) is 4.79 Å². The fourth-order valence-electron chi connectivity index (χ4n) is 2.72. The Balaban J connectivity index is 2.11. The molecule has 1 saturated heterocycles. The third-order valence-corrected chi connectivity index (χ3v) is 4.13. The second kappa shape index (κ2) is 6.75. The summed E-state index contributed by atoms with van der Waals surface area (Å²) in [6.45, 7) is 2.98. The predicted octanol–water partition coefficient (Wildman–Crippen LogP) is 2.36. The number of ether oxygens (including phenoxy) is 1. The van der Waals surface area contributed by atoms with Gasteiger partial charge in [0.2, 0.25) is 5.91 Å². The summed E-state index contributed by atoms with van der Waals surface area (Å²) in [6.07, 6.45) is 3.22. The maximum absolute atomic E-state index is 12.5. The average molecular weight is 276 g/mol. The Kier molecular flexibility index (Phi) is 5.01. The minimum atomic E-state index is -0.0362. The first-order chi connectivity index (χ1) is 9.65. The van der Waals surface area contributed by atoms with Crippen LogP contribution in [0.15, 0.2) is 24.3 Å². The molecule has 0 spiro atoms. The number of carbonyl (C=O) groups excluding carboxylic acids is 1. The smallest absolute Gasteiger partial charge is 0.239 e. The molecule has 1 N–H and O–H groups in total. The van der Waals surface area contributed by atoms with Crippen LogP contribution in [0.3, 0.4) is 0 Å². The molecule has 4 heteroatoms. The Morgan fingerprint density at radius 1 is 1.40 bits per heavy atom. The van der Waals surface area contributed by atoms with Crippen LogP contribution in [0, 0.1) is 0 Å². The second-order valence-electron chi connectivity index (χ2n) is 5.37. The van der Waals surface area contributed by atoms with Gasteiger partial charge in [0, 0.05) is 12.6 Å². The van der Waals surface area contributed by atoms with Crippen molar-refractivity contribution in [1.29, 1.82) is 0 Å². The average Bonchev–Trinajstić information content (AvgIpc) is 2.53. The van der Waals surface area contributed by atoms with Gasteiger partial charge in [0.05, 0.1) is 19.2 Å². The fourth-order valence-corrected chi connectivity index (χ4v) is 2.72. The lowest BCUT2D eigenvalue weighted by Gasteiger charge is -2.32. The molecule has 0 saturated carbocycles. The van der Waals surface area contributed by atoms with Crippen LogP contribution >= 0.6 is 0 Å². The molecule has 0 radical (unpaired) electrons. The molecule has 1 amide bonds. The van der Waals surface area contributed by atoms with E-state index in [4.69, 9.17) is 4.74 Å². The first-order valence-corrected chi connectivity index (χ1v) is 7.28. The van der Waals surface area contributed by atoms with Crippen molar-refractivity contribution in [2.75, 3.05) is 20.7 Å². The number of nitrogens with one attached hydrogen (secondary N) is 1. The number of para-hydroxylation sites is 1. The highest BCUT2D eigenvalue weighted by Gasteiger charge is 2.27. The first-order valence-electron chi connectivity index (χ1n) is 7.28. The Hall–Kier alpha value is -1.55. The van der Waals surface area contributed by atoms with Crippen molar-refractivity contribution < 1.29 is 9.53 Å². The largest absolute Gasteiger partial charge is 0.496 e. The number of carbonyl (C=O) groups is 1. The minimum absolute atomic E-state index is 0.00220. The zero-order chi connectivity index (χ0) is 14.5. The van der Waals surface area contributed by atoms with Gasteiger partial charge in [-0.25, -0.2) is 0 Å². The van der Waals surface area contributed by atoms with E-state index in [1.54, 1.807) is 7.11 Å². The molecule has 110 valence electrons. The van der Waals surface area contributed by atoms with Gasteiger partial charge in [0.25, 0.3) is 0 Å². The van der Waals surface area contributed by atoms with Crippen molar-refractivity contribution in [3.8, 4) is 5.75 Å². The number of hydrogen-bond donors (Lipinski definition) is 1. The number of amides is 1. The highest BCUT2D eigenvalue weighted by atomic mass is 16.5. The Labute approximate surface area is 121 Å². The molecular weight excluding hydrogens is 252 g/mol. The molecule has 2 rings (SSSR count). The second-order valence-corrected chi connectivity index (χ2v) is 5.37. The molecule has 1 aliphatic heterocycles. The molecule has 1 aromatic carbocycles. The third kappa shape index (κ3) is 3.12. The molecule has 20 heavy (non-hydrogen) atoms. The first kappa shape index (κ1) is 14.9. The van der Waals surface area contributed by atoms with Crippen LogP contribution in [0.25, 0.3) is 0 Å². The van der Waals surface area contributed by atoms with Crippen molar-refractivity contribution in [1.82, 2.24) is 10.2 Å². The molecule has 0 aromatic heterocycles. The molecule has 0 bridgehead atoms. The lowest BCUT2D eigenvalue weighted by molar-refractivity contribution is -0.134. The van der Waals surface area contributed by atoms with E-state index in [-0.39, 0.29) is 18.0 Å². The summed E-state index contributed by atoms with van der Waals surface area (Å²) in [7, 11) is 3.53. The highest BCUT2D eigenvalue weighted by molar-refractivity contribution is 5.82. The zero-order valence-corrected chi connectivity index (χ0v) is 12.6.